The molecular weight excluding hydrogens is 204 g/mol. The molecule has 0 unspecified atom stereocenters. The molecule has 0 atom stereocenters. The standard InChI is InChI=1S/C12H14N2O2/c1-9-3-4-12(10(5-9)8-15)16-11-6-13-14(2)7-11/h3-7,15H,8H2,1-2H3. The molecular formula is C12H14N2O2. The molecule has 84 valence electrons. The summed E-state index contributed by atoms with van der Waals surface area (Å²) in [6, 6.07) is 5.71. The lowest BCUT2D eigenvalue weighted by Crippen LogP contribution is -1.92. The van der Waals surface area contributed by atoms with Crippen molar-refractivity contribution in [3.8, 4) is 11.5 Å². The normalized spacial score (nSPS) is 10.4. The highest BCUT2D eigenvalue weighted by Gasteiger charge is 2.05. The minimum atomic E-state index is -0.0305. The molecule has 4 heteroatoms. The topological polar surface area (TPSA) is 47.3 Å². The third-order valence-corrected chi connectivity index (χ3v) is 2.30. The van der Waals surface area contributed by atoms with Crippen LogP contribution >= 0.6 is 0 Å². The first-order valence-corrected chi connectivity index (χ1v) is 5.06. The molecule has 0 radical (unpaired) electrons. The van der Waals surface area contributed by atoms with Gasteiger partial charge in [0.1, 0.15) is 5.75 Å². The number of benzene rings is 1. The van der Waals surface area contributed by atoms with Crippen LogP contribution in [0.1, 0.15) is 11.1 Å². The van der Waals surface area contributed by atoms with E-state index in [0.29, 0.717) is 11.5 Å². The molecule has 0 saturated carbocycles. The maximum atomic E-state index is 9.23. The number of hydrogen-bond donors (Lipinski definition) is 1. The Balaban J connectivity index is 2.27. The summed E-state index contributed by atoms with van der Waals surface area (Å²) in [5.41, 5.74) is 1.88. The molecule has 0 spiro atoms. The van der Waals surface area contributed by atoms with E-state index in [1.807, 2.05) is 32.2 Å². The second kappa shape index (κ2) is 4.37. The van der Waals surface area contributed by atoms with E-state index in [1.165, 1.54) is 0 Å². The van der Waals surface area contributed by atoms with Gasteiger partial charge in [0.15, 0.2) is 5.75 Å². The van der Waals surface area contributed by atoms with Gasteiger partial charge < -0.3 is 9.84 Å². The highest BCUT2D eigenvalue weighted by molar-refractivity contribution is 5.39. The highest BCUT2D eigenvalue weighted by Crippen LogP contribution is 2.25. The number of hydrogen-bond acceptors (Lipinski definition) is 3. The Morgan fingerprint density at radius 3 is 2.88 bits per heavy atom. The van der Waals surface area contributed by atoms with Crippen LogP contribution in [0.15, 0.2) is 30.6 Å². The van der Waals surface area contributed by atoms with E-state index in [9.17, 15) is 5.11 Å². The number of ether oxygens (including phenoxy) is 1. The van der Waals surface area contributed by atoms with Crippen LogP contribution in [0.25, 0.3) is 0 Å². The van der Waals surface area contributed by atoms with E-state index in [2.05, 4.69) is 5.10 Å². The molecule has 1 aromatic heterocycles. The molecule has 2 rings (SSSR count). The molecule has 0 fully saturated rings. The number of rotatable bonds is 3. The summed E-state index contributed by atoms with van der Waals surface area (Å²) in [6.45, 7) is 1.95. The lowest BCUT2D eigenvalue weighted by Gasteiger charge is -2.08. The number of aryl methyl sites for hydroxylation is 2. The fraction of sp³-hybridized carbons (Fsp3) is 0.250. The van der Waals surface area contributed by atoms with Crippen LogP contribution in [-0.2, 0) is 13.7 Å². The lowest BCUT2D eigenvalue weighted by molar-refractivity contribution is 0.276. The van der Waals surface area contributed by atoms with E-state index in [4.69, 9.17) is 4.74 Å². The first kappa shape index (κ1) is 10.7. The van der Waals surface area contributed by atoms with E-state index < -0.39 is 0 Å². The Labute approximate surface area is 94.1 Å². The molecule has 0 aliphatic heterocycles. The van der Waals surface area contributed by atoms with E-state index in [1.54, 1.807) is 17.1 Å². The average Bonchev–Trinajstić information content (AvgIpc) is 2.67. The number of aliphatic hydroxyl groups is 1. The molecule has 0 aliphatic carbocycles. The van der Waals surface area contributed by atoms with E-state index >= 15 is 0 Å². The number of aromatic nitrogens is 2. The van der Waals surface area contributed by atoms with Crippen LogP contribution < -0.4 is 4.74 Å². The lowest BCUT2D eigenvalue weighted by atomic mass is 10.1. The van der Waals surface area contributed by atoms with Gasteiger partial charge in [0.05, 0.1) is 19.0 Å². The van der Waals surface area contributed by atoms with Gasteiger partial charge in [-0.05, 0) is 13.0 Å². The number of nitrogens with zero attached hydrogens (tertiary/aromatic N) is 2. The molecule has 0 bridgehead atoms. The molecule has 0 saturated heterocycles. The maximum absolute atomic E-state index is 9.23. The predicted octanol–water partition coefficient (Wildman–Crippen LogP) is 2.01. The third-order valence-electron chi connectivity index (χ3n) is 2.30. The predicted molar refractivity (Wildman–Crippen MR) is 60.4 cm³/mol. The van der Waals surface area contributed by atoms with Gasteiger partial charge in [0, 0.05) is 12.6 Å². The van der Waals surface area contributed by atoms with Crippen LogP contribution in [0.5, 0.6) is 11.5 Å². The Bertz CT molecular complexity index is 492. The van der Waals surface area contributed by atoms with Gasteiger partial charge in [-0.3, -0.25) is 4.68 Å². The Morgan fingerprint density at radius 1 is 1.44 bits per heavy atom. The molecule has 0 aliphatic rings. The zero-order valence-corrected chi connectivity index (χ0v) is 9.34. The molecule has 1 N–H and O–H groups in total. The fourth-order valence-corrected chi connectivity index (χ4v) is 1.51. The van der Waals surface area contributed by atoms with Crippen molar-refractivity contribution < 1.29 is 9.84 Å². The summed E-state index contributed by atoms with van der Waals surface area (Å²) in [5, 5.41) is 13.2. The quantitative estimate of drug-likeness (QED) is 0.857. The van der Waals surface area contributed by atoms with Gasteiger partial charge in [0.25, 0.3) is 0 Å². The van der Waals surface area contributed by atoms with Crippen LogP contribution in [0.2, 0.25) is 0 Å². The summed E-state index contributed by atoms with van der Waals surface area (Å²) in [4.78, 5) is 0. The van der Waals surface area contributed by atoms with Gasteiger partial charge in [-0.15, -0.1) is 0 Å². The summed E-state index contributed by atoms with van der Waals surface area (Å²) >= 11 is 0. The molecule has 4 nitrogen and oxygen atoms in total. The Kier molecular flexibility index (Phi) is 2.92. The van der Waals surface area contributed by atoms with Gasteiger partial charge in [-0.25, -0.2) is 0 Å². The third kappa shape index (κ3) is 2.23. The van der Waals surface area contributed by atoms with Crippen LogP contribution in [0.3, 0.4) is 0 Å². The van der Waals surface area contributed by atoms with Crippen molar-refractivity contribution in [3.63, 3.8) is 0 Å². The molecule has 2 aromatic rings. The van der Waals surface area contributed by atoms with Gasteiger partial charge in [-0.2, -0.15) is 5.10 Å². The van der Waals surface area contributed by atoms with Crippen molar-refractivity contribution in [2.75, 3.05) is 0 Å². The van der Waals surface area contributed by atoms with Gasteiger partial charge in [-0.1, -0.05) is 17.7 Å². The van der Waals surface area contributed by atoms with Crippen LogP contribution in [0, 0.1) is 6.92 Å². The first-order valence-electron chi connectivity index (χ1n) is 5.06. The minimum Gasteiger partial charge on any atom is -0.454 e. The summed E-state index contributed by atoms with van der Waals surface area (Å²) < 4.78 is 7.30. The summed E-state index contributed by atoms with van der Waals surface area (Å²) in [6.07, 6.45) is 3.42. The Morgan fingerprint density at radius 2 is 2.25 bits per heavy atom. The zero-order chi connectivity index (χ0) is 11.5. The van der Waals surface area contributed by atoms with Crippen molar-refractivity contribution in [1.29, 1.82) is 0 Å². The number of aliphatic hydroxyl groups excluding tert-OH is 1. The van der Waals surface area contributed by atoms with Crippen molar-refractivity contribution in [2.24, 2.45) is 7.05 Å². The van der Waals surface area contributed by atoms with Crippen LogP contribution in [0.4, 0.5) is 0 Å². The minimum absolute atomic E-state index is 0.0305. The van der Waals surface area contributed by atoms with Crippen molar-refractivity contribution in [2.45, 2.75) is 13.5 Å². The molecule has 1 heterocycles. The molecule has 1 aromatic carbocycles. The monoisotopic (exact) mass is 218 g/mol. The average molecular weight is 218 g/mol. The molecule has 16 heavy (non-hydrogen) atoms. The SMILES string of the molecule is Cc1ccc(Oc2cnn(C)c2)c(CO)c1. The van der Waals surface area contributed by atoms with Crippen molar-refractivity contribution in [1.82, 2.24) is 9.78 Å². The van der Waals surface area contributed by atoms with Gasteiger partial charge >= 0.3 is 0 Å². The fourth-order valence-electron chi connectivity index (χ4n) is 1.51. The van der Waals surface area contributed by atoms with Crippen LogP contribution in [-0.4, -0.2) is 14.9 Å². The Hall–Kier alpha value is -1.81. The summed E-state index contributed by atoms with van der Waals surface area (Å²) in [5.74, 6) is 1.34. The van der Waals surface area contributed by atoms with E-state index in [0.717, 1.165) is 11.1 Å². The maximum Gasteiger partial charge on any atom is 0.165 e. The zero-order valence-electron chi connectivity index (χ0n) is 9.34. The highest BCUT2D eigenvalue weighted by atomic mass is 16.5. The van der Waals surface area contributed by atoms with Crippen molar-refractivity contribution in [3.05, 3.63) is 41.7 Å². The second-order valence-electron chi connectivity index (χ2n) is 3.72. The largest absolute Gasteiger partial charge is 0.454 e. The first-order chi connectivity index (χ1) is 7.69. The summed E-state index contributed by atoms with van der Waals surface area (Å²) in [7, 11) is 1.83. The second-order valence-corrected chi connectivity index (χ2v) is 3.72. The van der Waals surface area contributed by atoms with Gasteiger partial charge in [0.2, 0.25) is 0 Å². The smallest absolute Gasteiger partial charge is 0.165 e. The van der Waals surface area contributed by atoms with Crippen molar-refractivity contribution >= 4 is 0 Å². The molecule has 0 amide bonds. The van der Waals surface area contributed by atoms with E-state index in [-0.39, 0.29) is 6.61 Å².